The van der Waals surface area contributed by atoms with Crippen LogP contribution in [0.2, 0.25) is 0 Å². The van der Waals surface area contributed by atoms with Crippen LogP contribution in [0.3, 0.4) is 0 Å². The summed E-state index contributed by atoms with van der Waals surface area (Å²) < 4.78 is 0. The summed E-state index contributed by atoms with van der Waals surface area (Å²) in [6.45, 7) is 17.8. The summed E-state index contributed by atoms with van der Waals surface area (Å²) in [7, 11) is 10.2. The highest BCUT2D eigenvalue weighted by atomic mass is 15.3. The van der Waals surface area contributed by atoms with Crippen molar-refractivity contribution in [2.75, 3.05) is 35.2 Å². The van der Waals surface area contributed by atoms with Gasteiger partial charge in [-0.15, -0.1) is 0 Å². The van der Waals surface area contributed by atoms with E-state index in [4.69, 9.17) is 0 Å². The summed E-state index contributed by atoms with van der Waals surface area (Å²) in [6.07, 6.45) is 0. The van der Waals surface area contributed by atoms with Gasteiger partial charge in [0.2, 0.25) is 0 Å². The minimum atomic E-state index is 0.177. The van der Waals surface area contributed by atoms with Crippen LogP contribution in [-0.2, 0) is 0 Å². The number of likely N-dealkylation sites (N-methyl/N-ethyl adjacent to an activating group) is 2. The van der Waals surface area contributed by atoms with Crippen molar-refractivity contribution < 1.29 is 0 Å². The Morgan fingerprint density at radius 3 is 1.30 bits per heavy atom. The minimum Gasteiger partial charge on any atom is -0.302 e. The molecule has 0 aliphatic heterocycles. The van der Waals surface area contributed by atoms with E-state index in [1.165, 1.54) is 0 Å². The van der Waals surface area contributed by atoms with Crippen LogP contribution < -0.4 is 0 Å². The first kappa shape index (κ1) is 21.3. The average molecular weight is 282 g/mol. The van der Waals surface area contributed by atoms with Crippen molar-refractivity contribution in [2.45, 2.75) is 45.7 Å². The second kappa shape index (κ2) is 8.32. The first-order valence-electron chi connectivity index (χ1n) is 6.80. The smallest absolute Gasteiger partial charge is 0.0757 e. The number of nitrogens with zero attached hydrogens (tertiary/aromatic N) is 4. The van der Waals surface area contributed by atoms with Crippen molar-refractivity contribution in [3.63, 3.8) is 0 Å². The summed E-state index contributed by atoms with van der Waals surface area (Å²) in [6, 6.07) is 0. The largest absolute Gasteiger partial charge is 0.302 e. The summed E-state index contributed by atoms with van der Waals surface area (Å²) in [5, 5.41) is 0. The fourth-order valence-electron chi connectivity index (χ4n) is 1.34. The second-order valence-electron chi connectivity index (χ2n) is 6.32. The van der Waals surface area contributed by atoms with Crippen molar-refractivity contribution in [3.8, 4) is 0 Å². The predicted octanol–water partition coefficient (Wildman–Crippen LogP) is 2.96. The van der Waals surface area contributed by atoms with Crippen molar-refractivity contribution in [2.24, 2.45) is 9.98 Å². The fourth-order valence-corrected chi connectivity index (χ4v) is 1.34. The van der Waals surface area contributed by atoms with Gasteiger partial charge in [0.25, 0.3) is 0 Å². The molecule has 0 aliphatic rings. The van der Waals surface area contributed by atoms with Crippen molar-refractivity contribution in [1.82, 2.24) is 9.80 Å². The van der Waals surface area contributed by atoms with E-state index in [2.05, 4.69) is 89.0 Å². The molecule has 0 bridgehead atoms. The molecule has 0 radical (unpaired) electrons. The molecule has 118 valence electrons. The fraction of sp³-hybridized carbons (Fsp3) is 0.750. The zero-order chi connectivity index (χ0) is 16.7. The van der Waals surface area contributed by atoms with Gasteiger partial charge in [0.15, 0.2) is 0 Å². The molecule has 0 atom stereocenters. The quantitative estimate of drug-likeness (QED) is 0.726. The van der Waals surface area contributed by atoms with Gasteiger partial charge >= 0.3 is 0 Å². The molecule has 0 amide bonds. The van der Waals surface area contributed by atoms with Crippen LogP contribution in [0.25, 0.3) is 0 Å². The molecule has 20 heavy (non-hydrogen) atoms. The molecular formula is C16H34N4. The van der Waals surface area contributed by atoms with E-state index in [-0.39, 0.29) is 11.1 Å². The van der Waals surface area contributed by atoms with Crippen LogP contribution in [0, 0.1) is 0 Å². The van der Waals surface area contributed by atoms with Gasteiger partial charge in [0.05, 0.1) is 11.4 Å². The maximum atomic E-state index is 3.84. The van der Waals surface area contributed by atoms with E-state index < -0.39 is 0 Å². The molecule has 0 aromatic heterocycles. The van der Waals surface area contributed by atoms with E-state index in [1.807, 2.05) is 6.92 Å². The first-order chi connectivity index (χ1) is 8.86. The number of aliphatic imine (C=N–C) groups is 2. The lowest BCUT2D eigenvalue weighted by atomic mass is 9.80. The van der Waals surface area contributed by atoms with Gasteiger partial charge in [0, 0.05) is 18.1 Å². The van der Waals surface area contributed by atoms with Crippen LogP contribution >= 0.6 is 0 Å². The SMILES string of the molecule is C=NC(=C)C(C)=NC.CN(C)C(C)(C)C(C)(C)N(C)C. The van der Waals surface area contributed by atoms with Crippen LogP contribution in [0.4, 0.5) is 0 Å². The van der Waals surface area contributed by atoms with Crippen LogP contribution in [0.5, 0.6) is 0 Å². The zero-order valence-corrected chi connectivity index (χ0v) is 15.2. The van der Waals surface area contributed by atoms with Gasteiger partial charge in [-0.3, -0.25) is 9.98 Å². The Morgan fingerprint density at radius 1 is 0.900 bits per heavy atom. The van der Waals surface area contributed by atoms with Crippen molar-refractivity contribution in [3.05, 3.63) is 12.3 Å². The van der Waals surface area contributed by atoms with E-state index in [0.717, 1.165) is 5.71 Å². The molecule has 0 heterocycles. The maximum Gasteiger partial charge on any atom is 0.0757 e. The molecule has 0 aliphatic carbocycles. The molecule has 0 rings (SSSR count). The minimum absolute atomic E-state index is 0.177. The molecule has 0 saturated heterocycles. The molecular weight excluding hydrogens is 248 g/mol. The van der Waals surface area contributed by atoms with E-state index >= 15 is 0 Å². The van der Waals surface area contributed by atoms with Crippen molar-refractivity contribution >= 4 is 12.4 Å². The maximum absolute atomic E-state index is 3.84. The molecule has 4 heteroatoms. The summed E-state index contributed by atoms with van der Waals surface area (Å²) in [5.41, 5.74) is 1.83. The molecule has 0 fully saturated rings. The topological polar surface area (TPSA) is 31.2 Å². The molecule has 0 saturated carbocycles. The Balaban J connectivity index is 0. The van der Waals surface area contributed by atoms with Crippen molar-refractivity contribution in [1.29, 1.82) is 0 Å². The van der Waals surface area contributed by atoms with Gasteiger partial charge in [-0.25, -0.2) is 0 Å². The van der Waals surface area contributed by atoms with Crippen LogP contribution in [0.15, 0.2) is 22.3 Å². The molecule has 0 unspecified atom stereocenters. The summed E-state index contributed by atoms with van der Waals surface area (Å²) in [5.74, 6) is 0. The number of rotatable bonds is 5. The summed E-state index contributed by atoms with van der Waals surface area (Å²) in [4.78, 5) is 12.0. The highest BCUT2D eigenvalue weighted by Gasteiger charge is 2.40. The average Bonchev–Trinajstić information content (AvgIpc) is 2.36. The highest BCUT2D eigenvalue weighted by Crippen LogP contribution is 2.29. The Kier molecular flexibility index (Phi) is 8.86. The number of allylic oxidation sites excluding steroid dienone is 1. The zero-order valence-electron chi connectivity index (χ0n) is 15.2. The second-order valence-corrected chi connectivity index (χ2v) is 6.32. The molecule has 0 aromatic rings. The van der Waals surface area contributed by atoms with Gasteiger partial charge < -0.3 is 9.80 Å². The molecule has 4 nitrogen and oxygen atoms in total. The van der Waals surface area contributed by atoms with E-state index in [9.17, 15) is 0 Å². The highest BCUT2D eigenvalue weighted by molar-refractivity contribution is 5.97. The Morgan fingerprint density at radius 2 is 1.20 bits per heavy atom. The number of hydrogen-bond donors (Lipinski definition) is 0. The lowest BCUT2D eigenvalue weighted by Gasteiger charge is -2.50. The third-order valence-electron chi connectivity index (χ3n) is 4.68. The molecule has 0 N–H and O–H groups in total. The Hall–Kier alpha value is -1.00. The standard InChI is InChI=1S/C10H24N2.C6H10N2/c1-9(2,11(5)6)10(3,4)12(7)8;1-5(7-3)6(2)8-4/h1-8H3;1,3H2,2,4H3. The third-order valence-corrected chi connectivity index (χ3v) is 4.68. The third kappa shape index (κ3) is 5.55. The molecule has 0 spiro atoms. The predicted molar refractivity (Wildman–Crippen MR) is 93.3 cm³/mol. The monoisotopic (exact) mass is 282 g/mol. The molecule has 0 aromatic carbocycles. The van der Waals surface area contributed by atoms with Gasteiger partial charge in [0.1, 0.15) is 0 Å². The summed E-state index contributed by atoms with van der Waals surface area (Å²) >= 11 is 0. The Labute approximate surface area is 126 Å². The van der Waals surface area contributed by atoms with Gasteiger partial charge in [-0.05, 0) is 69.5 Å². The number of hydrogen-bond acceptors (Lipinski definition) is 4. The lowest BCUT2D eigenvalue weighted by molar-refractivity contribution is 0.0154. The Bertz CT molecular complexity index is 331. The lowest BCUT2D eigenvalue weighted by Crippen LogP contribution is -2.61. The van der Waals surface area contributed by atoms with Gasteiger partial charge in [-0.1, -0.05) is 6.58 Å². The van der Waals surface area contributed by atoms with Crippen LogP contribution in [0.1, 0.15) is 34.6 Å². The normalized spacial score (nSPS) is 13.1. The van der Waals surface area contributed by atoms with Crippen LogP contribution in [-0.4, -0.2) is 68.5 Å². The first-order valence-corrected chi connectivity index (χ1v) is 6.80. The van der Waals surface area contributed by atoms with Gasteiger partial charge in [-0.2, -0.15) is 0 Å². The van der Waals surface area contributed by atoms with E-state index in [0.29, 0.717) is 5.70 Å². The van der Waals surface area contributed by atoms with E-state index in [1.54, 1.807) is 7.05 Å².